The van der Waals surface area contributed by atoms with E-state index in [1.807, 2.05) is 18.2 Å². The number of aryl methyl sites for hydroxylation is 1. The minimum Gasteiger partial charge on any atom is -0.310 e. The maximum atomic E-state index is 8.87. The molecule has 1 aromatic carbocycles. The fraction of sp³-hybridized carbons (Fsp3) is 0.357. The Morgan fingerprint density at radius 2 is 2.38 bits per heavy atom. The SMILES string of the molecule is C=CCNC1CCc2ccc(C#N)cc2C1. The fourth-order valence-electron chi connectivity index (χ4n) is 2.25. The summed E-state index contributed by atoms with van der Waals surface area (Å²) >= 11 is 0. The molecule has 1 unspecified atom stereocenters. The lowest BCUT2D eigenvalue weighted by Gasteiger charge is -2.25. The number of benzene rings is 1. The lowest BCUT2D eigenvalue weighted by Crippen LogP contribution is -2.34. The number of nitrogens with one attached hydrogen (secondary N) is 1. The van der Waals surface area contributed by atoms with E-state index in [2.05, 4.69) is 24.0 Å². The summed E-state index contributed by atoms with van der Waals surface area (Å²) in [6, 6.07) is 8.76. The third-order valence-electron chi connectivity index (χ3n) is 3.11. The molecule has 0 radical (unpaired) electrons. The number of nitriles is 1. The van der Waals surface area contributed by atoms with E-state index in [4.69, 9.17) is 5.26 Å². The third kappa shape index (κ3) is 2.32. The van der Waals surface area contributed by atoms with E-state index in [0.29, 0.717) is 6.04 Å². The molecule has 2 rings (SSSR count). The normalized spacial score (nSPS) is 18.6. The van der Waals surface area contributed by atoms with Crippen LogP contribution in [0.25, 0.3) is 0 Å². The minimum atomic E-state index is 0.527. The van der Waals surface area contributed by atoms with Gasteiger partial charge in [-0.1, -0.05) is 12.1 Å². The maximum Gasteiger partial charge on any atom is 0.0991 e. The summed E-state index contributed by atoms with van der Waals surface area (Å²) in [6.07, 6.45) is 5.20. The van der Waals surface area contributed by atoms with Gasteiger partial charge in [-0.05, 0) is 42.5 Å². The second-order valence-corrected chi connectivity index (χ2v) is 4.23. The molecular formula is C14H16N2. The Labute approximate surface area is 96.6 Å². The van der Waals surface area contributed by atoms with Crippen LogP contribution in [0.3, 0.4) is 0 Å². The maximum absolute atomic E-state index is 8.87. The smallest absolute Gasteiger partial charge is 0.0991 e. The molecule has 0 saturated heterocycles. The van der Waals surface area contributed by atoms with E-state index in [1.54, 1.807) is 0 Å². The van der Waals surface area contributed by atoms with E-state index in [9.17, 15) is 0 Å². The molecule has 1 atom stereocenters. The average Bonchev–Trinajstić information content (AvgIpc) is 2.35. The van der Waals surface area contributed by atoms with Crippen LogP contribution in [0.1, 0.15) is 23.1 Å². The zero-order valence-electron chi connectivity index (χ0n) is 9.37. The van der Waals surface area contributed by atoms with Crippen molar-refractivity contribution >= 4 is 0 Å². The Bertz CT molecular complexity index is 429. The van der Waals surface area contributed by atoms with E-state index in [-0.39, 0.29) is 0 Å². The molecule has 82 valence electrons. The van der Waals surface area contributed by atoms with Gasteiger partial charge in [-0.25, -0.2) is 0 Å². The molecule has 0 saturated carbocycles. The van der Waals surface area contributed by atoms with Crippen LogP contribution in [0.2, 0.25) is 0 Å². The van der Waals surface area contributed by atoms with E-state index in [0.717, 1.165) is 24.9 Å². The molecule has 0 bridgehead atoms. The first kappa shape index (κ1) is 10.9. The number of nitrogens with zero attached hydrogens (tertiary/aromatic N) is 1. The highest BCUT2D eigenvalue weighted by Gasteiger charge is 2.17. The highest BCUT2D eigenvalue weighted by Crippen LogP contribution is 2.22. The highest BCUT2D eigenvalue weighted by atomic mass is 14.9. The summed E-state index contributed by atoms with van der Waals surface area (Å²) < 4.78 is 0. The van der Waals surface area contributed by atoms with Gasteiger partial charge in [0, 0.05) is 12.6 Å². The molecule has 1 aliphatic carbocycles. The van der Waals surface area contributed by atoms with E-state index < -0.39 is 0 Å². The van der Waals surface area contributed by atoms with Gasteiger partial charge in [0.25, 0.3) is 0 Å². The van der Waals surface area contributed by atoms with Gasteiger partial charge in [-0.15, -0.1) is 6.58 Å². The first-order chi connectivity index (χ1) is 7.83. The summed E-state index contributed by atoms with van der Waals surface area (Å²) in [5.74, 6) is 0. The van der Waals surface area contributed by atoms with Gasteiger partial charge in [0.05, 0.1) is 11.6 Å². The van der Waals surface area contributed by atoms with Crippen molar-refractivity contribution in [3.05, 3.63) is 47.5 Å². The van der Waals surface area contributed by atoms with Gasteiger partial charge < -0.3 is 5.32 Å². The van der Waals surface area contributed by atoms with Crippen LogP contribution in [-0.2, 0) is 12.8 Å². The van der Waals surface area contributed by atoms with Crippen molar-refractivity contribution in [2.45, 2.75) is 25.3 Å². The lowest BCUT2D eigenvalue weighted by molar-refractivity contribution is 0.479. The Kier molecular flexibility index (Phi) is 3.38. The first-order valence-corrected chi connectivity index (χ1v) is 5.69. The Morgan fingerprint density at radius 3 is 3.12 bits per heavy atom. The quantitative estimate of drug-likeness (QED) is 0.780. The Morgan fingerprint density at radius 1 is 1.50 bits per heavy atom. The van der Waals surface area contributed by atoms with Crippen molar-refractivity contribution in [1.29, 1.82) is 5.26 Å². The Balaban J connectivity index is 2.12. The zero-order valence-corrected chi connectivity index (χ0v) is 9.37. The number of rotatable bonds is 3. The minimum absolute atomic E-state index is 0.527. The van der Waals surface area contributed by atoms with Crippen LogP contribution in [-0.4, -0.2) is 12.6 Å². The van der Waals surface area contributed by atoms with E-state index in [1.165, 1.54) is 17.5 Å². The van der Waals surface area contributed by atoms with Gasteiger partial charge in [0.2, 0.25) is 0 Å². The standard InChI is InChI=1S/C14H16N2/c1-2-7-16-14-6-5-12-4-3-11(10-15)8-13(12)9-14/h2-4,8,14,16H,1,5-7,9H2. The number of hydrogen-bond donors (Lipinski definition) is 1. The molecule has 1 aliphatic rings. The van der Waals surface area contributed by atoms with Crippen LogP contribution < -0.4 is 5.32 Å². The van der Waals surface area contributed by atoms with Gasteiger partial charge in [0.15, 0.2) is 0 Å². The summed E-state index contributed by atoms with van der Waals surface area (Å²) in [4.78, 5) is 0. The number of fused-ring (bicyclic) bond motifs is 1. The molecule has 0 fully saturated rings. The van der Waals surface area contributed by atoms with E-state index >= 15 is 0 Å². The largest absolute Gasteiger partial charge is 0.310 e. The summed E-state index contributed by atoms with van der Waals surface area (Å²) in [7, 11) is 0. The van der Waals surface area contributed by atoms with Crippen molar-refractivity contribution in [3.8, 4) is 6.07 Å². The molecule has 16 heavy (non-hydrogen) atoms. The Hall–Kier alpha value is -1.59. The summed E-state index contributed by atoms with van der Waals surface area (Å²) in [5, 5.41) is 12.3. The second-order valence-electron chi connectivity index (χ2n) is 4.23. The molecule has 1 aromatic rings. The molecule has 2 nitrogen and oxygen atoms in total. The monoisotopic (exact) mass is 212 g/mol. The molecule has 1 N–H and O–H groups in total. The van der Waals surface area contributed by atoms with Gasteiger partial charge in [0.1, 0.15) is 0 Å². The van der Waals surface area contributed by atoms with Crippen molar-refractivity contribution in [2.75, 3.05) is 6.54 Å². The molecule has 0 spiro atoms. The van der Waals surface area contributed by atoms with Crippen LogP contribution in [0.15, 0.2) is 30.9 Å². The fourth-order valence-corrected chi connectivity index (χ4v) is 2.25. The molecule has 0 amide bonds. The highest BCUT2D eigenvalue weighted by molar-refractivity contribution is 5.39. The molecule has 0 heterocycles. The van der Waals surface area contributed by atoms with Gasteiger partial charge in [-0.2, -0.15) is 5.26 Å². The zero-order chi connectivity index (χ0) is 11.4. The summed E-state index contributed by atoms with van der Waals surface area (Å²) in [5.41, 5.74) is 3.49. The van der Waals surface area contributed by atoms with Crippen molar-refractivity contribution in [3.63, 3.8) is 0 Å². The van der Waals surface area contributed by atoms with Crippen molar-refractivity contribution < 1.29 is 0 Å². The molecular weight excluding hydrogens is 196 g/mol. The van der Waals surface area contributed by atoms with Crippen LogP contribution >= 0.6 is 0 Å². The van der Waals surface area contributed by atoms with Crippen molar-refractivity contribution in [1.82, 2.24) is 5.32 Å². The van der Waals surface area contributed by atoms with Crippen LogP contribution in [0.4, 0.5) is 0 Å². The van der Waals surface area contributed by atoms with Crippen molar-refractivity contribution in [2.24, 2.45) is 0 Å². The van der Waals surface area contributed by atoms with Gasteiger partial charge in [-0.3, -0.25) is 0 Å². The van der Waals surface area contributed by atoms with Gasteiger partial charge >= 0.3 is 0 Å². The number of hydrogen-bond acceptors (Lipinski definition) is 2. The predicted octanol–water partition coefficient (Wildman–Crippen LogP) is 2.19. The molecule has 0 aliphatic heterocycles. The average molecular weight is 212 g/mol. The topological polar surface area (TPSA) is 35.8 Å². The third-order valence-corrected chi connectivity index (χ3v) is 3.11. The van der Waals surface area contributed by atoms with Crippen LogP contribution in [0.5, 0.6) is 0 Å². The molecule has 0 aromatic heterocycles. The first-order valence-electron chi connectivity index (χ1n) is 5.69. The second kappa shape index (κ2) is 4.96. The predicted molar refractivity (Wildman–Crippen MR) is 65.2 cm³/mol. The summed E-state index contributed by atoms with van der Waals surface area (Å²) in [6.45, 7) is 4.57. The lowest BCUT2D eigenvalue weighted by atomic mass is 9.87. The van der Waals surface area contributed by atoms with Crippen LogP contribution in [0, 0.1) is 11.3 Å². The molecule has 2 heteroatoms.